The molecule has 1 atom stereocenters. The zero-order valence-electron chi connectivity index (χ0n) is 19.8. The largest absolute Gasteiger partial charge is 0.495 e. The molecule has 1 unspecified atom stereocenters. The molecule has 1 aliphatic heterocycles. The number of rotatable bonds is 5. The van der Waals surface area contributed by atoms with Gasteiger partial charge in [-0.1, -0.05) is 43.6 Å². The fraction of sp³-hybridized carbons (Fsp3) is 0.407. The first kappa shape index (κ1) is 23.4. The van der Waals surface area contributed by atoms with E-state index in [1.165, 1.54) is 0 Å². The predicted molar refractivity (Wildman–Crippen MR) is 130 cm³/mol. The zero-order valence-corrected chi connectivity index (χ0v) is 20.6. The number of ketones is 1. The average Bonchev–Trinajstić information content (AvgIpc) is 2.74. The molecule has 0 aromatic heterocycles. The van der Waals surface area contributed by atoms with Crippen molar-refractivity contribution < 1.29 is 19.1 Å². The molecule has 33 heavy (non-hydrogen) atoms. The maximum atomic E-state index is 13.7. The van der Waals surface area contributed by atoms with E-state index in [-0.39, 0.29) is 29.4 Å². The lowest BCUT2D eigenvalue weighted by molar-refractivity contribution is -0.121. The number of halogens is 1. The average molecular weight is 468 g/mol. The molecule has 1 amide bonds. The van der Waals surface area contributed by atoms with Crippen molar-refractivity contribution in [2.45, 2.75) is 52.9 Å². The highest BCUT2D eigenvalue weighted by molar-refractivity contribution is 6.31. The summed E-state index contributed by atoms with van der Waals surface area (Å²) in [5, 5.41) is 0.567. The van der Waals surface area contributed by atoms with Gasteiger partial charge in [0.25, 0.3) is 0 Å². The molecule has 0 saturated heterocycles. The van der Waals surface area contributed by atoms with Gasteiger partial charge in [-0.25, -0.2) is 0 Å². The molecule has 0 N–H and O–H groups in total. The van der Waals surface area contributed by atoms with Crippen LogP contribution in [0.25, 0.3) is 0 Å². The molecule has 0 fully saturated rings. The second-order valence-electron chi connectivity index (χ2n) is 9.53. The van der Waals surface area contributed by atoms with Crippen LogP contribution in [0.4, 0.5) is 5.69 Å². The van der Waals surface area contributed by atoms with Crippen LogP contribution in [-0.2, 0) is 9.59 Å². The van der Waals surface area contributed by atoms with E-state index in [9.17, 15) is 9.59 Å². The van der Waals surface area contributed by atoms with Crippen LogP contribution in [0.1, 0.15) is 57.1 Å². The van der Waals surface area contributed by atoms with Gasteiger partial charge in [-0.2, -0.15) is 0 Å². The van der Waals surface area contributed by atoms with Gasteiger partial charge in [0.2, 0.25) is 5.91 Å². The van der Waals surface area contributed by atoms with Crippen LogP contribution in [-0.4, -0.2) is 25.4 Å². The van der Waals surface area contributed by atoms with Crippen molar-refractivity contribution in [1.82, 2.24) is 0 Å². The zero-order chi connectivity index (χ0) is 23.9. The van der Waals surface area contributed by atoms with Gasteiger partial charge in [-0.3, -0.25) is 14.5 Å². The Morgan fingerprint density at radius 1 is 1.12 bits per heavy atom. The number of hydrogen-bond acceptors (Lipinski definition) is 4. The minimum absolute atomic E-state index is 0.0735. The van der Waals surface area contributed by atoms with Crippen LogP contribution < -0.4 is 14.4 Å². The Kier molecular flexibility index (Phi) is 6.28. The number of allylic oxidation sites excluding steroid dienone is 2. The molecule has 1 heterocycles. The molecule has 0 spiro atoms. The Morgan fingerprint density at radius 2 is 1.85 bits per heavy atom. The Bertz CT molecular complexity index is 1150. The number of carbonyl (C=O) groups is 2. The summed E-state index contributed by atoms with van der Waals surface area (Å²) in [5.41, 5.74) is 3.54. The molecule has 0 bridgehead atoms. The van der Waals surface area contributed by atoms with Gasteiger partial charge in [-0.15, -0.1) is 0 Å². The maximum absolute atomic E-state index is 13.7. The van der Waals surface area contributed by atoms with E-state index in [1.54, 1.807) is 18.1 Å². The van der Waals surface area contributed by atoms with Crippen LogP contribution >= 0.6 is 11.6 Å². The third kappa shape index (κ3) is 4.26. The van der Waals surface area contributed by atoms with Crippen LogP contribution in [0.3, 0.4) is 0 Å². The molecule has 5 nitrogen and oxygen atoms in total. The first-order valence-corrected chi connectivity index (χ1v) is 11.7. The Labute approximate surface area is 200 Å². The molecule has 2 aromatic carbocycles. The molecule has 1 aliphatic carbocycles. The van der Waals surface area contributed by atoms with Gasteiger partial charge in [0, 0.05) is 46.7 Å². The van der Waals surface area contributed by atoms with Crippen molar-refractivity contribution >= 4 is 29.0 Å². The highest BCUT2D eigenvalue weighted by Gasteiger charge is 2.45. The van der Waals surface area contributed by atoms with E-state index < -0.39 is 0 Å². The smallest absolute Gasteiger partial charge is 0.232 e. The summed E-state index contributed by atoms with van der Waals surface area (Å²) in [4.78, 5) is 29.0. The molecule has 2 aliphatic rings. The van der Waals surface area contributed by atoms with E-state index >= 15 is 0 Å². The predicted octanol–water partition coefficient (Wildman–Crippen LogP) is 6.22. The van der Waals surface area contributed by atoms with E-state index in [0.29, 0.717) is 41.5 Å². The SMILES string of the molecule is CCOc1ccccc1C1CC(=O)N(c2cc(C)c(Cl)cc2OC)C2=C1C(=O)CC(C)(C)C2. The highest BCUT2D eigenvalue weighted by Crippen LogP contribution is 2.51. The van der Waals surface area contributed by atoms with Crippen molar-refractivity contribution in [2.24, 2.45) is 5.41 Å². The van der Waals surface area contributed by atoms with E-state index in [0.717, 1.165) is 22.6 Å². The Morgan fingerprint density at radius 3 is 2.55 bits per heavy atom. The van der Waals surface area contributed by atoms with Crippen molar-refractivity contribution in [2.75, 3.05) is 18.6 Å². The van der Waals surface area contributed by atoms with Crippen molar-refractivity contribution in [3.8, 4) is 11.5 Å². The van der Waals surface area contributed by atoms with Gasteiger partial charge < -0.3 is 9.47 Å². The molecular weight excluding hydrogens is 438 g/mol. The van der Waals surface area contributed by atoms with Gasteiger partial charge in [0.05, 0.1) is 19.4 Å². The number of ether oxygens (including phenoxy) is 2. The van der Waals surface area contributed by atoms with Crippen molar-refractivity contribution in [3.05, 3.63) is 63.8 Å². The number of aryl methyl sites for hydroxylation is 1. The summed E-state index contributed by atoms with van der Waals surface area (Å²) in [6.45, 7) is 8.47. The first-order valence-electron chi connectivity index (χ1n) is 11.3. The number of Topliss-reactive ketones (excluding diaryl/α,β-unsaturated/α-hetero) is 1. The third-order valence-corrected chi connectivity index (χ3v) is 6.85. The molecule has 2 aromatic rings. The minimum Gasteiger partial charge on any atom is -0.495 e. The topological polar surface area (TPSA) is 55.8 Å². The summed E-state index contributed by atoms with van der Waals surface area (Å²) >= 11 is 6.33. The van der Waals surface area contributed by atoms with Crippen LogP contribution in [0, 0.1) is 12.3 Å². The number of anilines is 1. The van der Waals surface area contributed by atoms with Gasteiger partial charge in [-0.05, 0) is 43.4 Å². The minimum atomic E-state index is -0.338. The highest BCUT2D eigenvalue weighted by atomic mass is 35.5. The fourth-order valence-electron chi connectivity index (χ4n) is 5.00. The first-order chi connectivity index (χ1) is 15.7. The number of carbonyl (C=O) groups excluding carboxylic acids is 2. The normalized spacial score (nSPS) is 20.1. The number of hydrogen-bond donors (Lipinski definition) is 0. The number of para-hydroxylation sites is 1. The lowest BCUT2D eigenvalue weighted by atomic mass is 9.69. The number of methoxy groups -OCH3 is 1. The van der Waals surface area contributed by atoms with Crippen LogP contribution in [0.2, 0.25) is 5.02 Å². The van der Waals surface area contributed by atoms with Crippen molar-refractivity contribution in [1.29, 1.82) is 0 Å². The second-order valence-corrected chi connectivity index (χ2v) is 9.94. The fourth-order valence-corrected chi connectivity index (χ4v) is 5.16. The summed E-state index contributed by atoms with van der Waals surface area (Å²) in [7, 11) is 1.56. The van der Waals surface area contributed by atoms with E-state index in [1.807, 2.05) is 44.2 Å². The Balaban J connectivity index is 1.95. The second kappa shape index (κ2) is 8.86. The molecular formula is C27H30ClNO4. The monoisotopic (exact) mass is 467 g/mol. The molecule has 4 rings (SSSR count). The quantitative estimate of drug-likeness (QED) is 0.523. The standard InChI is InChI=1S/C27H30ClNO4/c1-6-33-23-10-8-7-9-17(23)18-12-25(31)29(20-11-16(2)19(28)13-24(20)32-5)21-14-27(3,4)15-22(30)26(18)21/h7-11,13,18H,6,12,14-15H2,1-5H3. The van der Waals surface area contributed by atoms with Crippen LogP contribution in [0.15, 0.2) is 47.7 Å². The van der Waals surface area contributed by atoms with E-state index in [4.69, 9.17) is 21.1 Å². The van der Waals surface area contributed by atoms with Crippen LogP contribution in [0.5, 0.6) is 11.5 Å². The molecule has 0 saturated carbocycles. The van der Waals surface area contributed by atoms with Gasteiger partial charge in [0.15, 0.2) is 5.78 Å². The molecule has 6 heteroatoms. The van der Waals surface area contributed by atoms with Gasteiger partial charge >= 0.3 is 0 Å². The summed E-state index contributed by atoms with van der Waals surface area (Å²) in [5.74, 6) is 0.898. The maximum Gasteiger partial charge on any atom is 0.232 e. The van der Waals surface area contributed by atoms with Crippen molar-refractivity contribution in [3.63, 3.8) is 0 Å². The number of benzene rings is 2. The molecule has 0 radical (unpaired) electrons. The lowest BCUT2D eigenvalue weighted by Crippen LogP contribution is -2.44. The summed E-state index contributed by atoms with van der Waals surface area (Å²) in [6, 6.07) is 11.3. The summed E-state index contributed by atoms with van der Waals surface area (Å²) in [6.07, 6.45) is 1.23. The lowest BCUT2D eigenvalue weighted by Gasteiger charge is -2.43. The number of nitrogens with zero attached hydrogens (tertiary/aromatic N) is 1. The summed E-state index contributed by atoms with van der Waals surface area (Å²) < 4.78 is 11.5. The molecule has 174 valence electrons. The van der Waals surface area contributed by atoms with Gasteiger partial charge in [0.1, 0.15) is 11.5 Å². The number of amides is 1. The van der Waals surface area contributed by atoms with E-state index in [2.05, 4.69) is 13.8 Å². The third-order valence-electron chi connectivity index (χ3n) is 6.44. The Hall–Kier alpha value is -2.79.